The number of anilines is 2. The average molecular weight is 247 g/mol. The van der Waals surface area contributed by atoms with Crippen molar-refractivity contribution >= 4 is 23.2 Å². The van der Waals surface area contributed by atoms with E-state index in [2.05, 4.69) is 15.3 Å². The zero-order valence-corrected chi connectivity index (χ0v) is 9.74. The van der Waals surface area contributed by atoms with Crippen molar-refractivity contribution in [3.63, 3.8) is 0 Å². The Kier molecular flexibility index (Phi) is 5.24. The van der Waals surface area contributed by atoms with E-state index in [0.717, 1.165) is 0 Å². The van der Waals surface area contributed by atoms with Gasteiger partial charge in [-0.1, -0.05) is 11.6 Å². The molecule has 0 saturated carbocycles. The number of aliphatic hydroxyl groups excluding tert-OH is 1. The molecule has 1 heterocycles. The van der Waals surface area contributed by atoms with E-state index in [-0.39, 0.29) is 5.82 Å². The van der Waals surface area contributed by atoms with Crippen LogP contribution in [0.2, 0.25) is 5.02 Å². The molecule has 0 bridgehead atoms. The molecule has 1 atom stereocenters. The van der Waals surface area contributed by atoms with Crippen LogP contribution in [0.3, 0.4) is 0 Å². The molecule has 4 N–H and O–H groups in total. The van der Waals surface area contributed by atoms with Crippen molar-refractivity contribution in [2.75, 3.05) is 31.3 Å². The molecule has 0 spiro atoms. The number of nitrogens with one attached hydrogen (secondary N) is 1. The van der Waals surface area contributed by atoms with Crippen LogP contribution in [0.15, 0.2) is 6.33 Å². The molecule has 0 saturated heterocycles. The summed E-state index contributed by atoms with van der Waals surface area (Å²) in [6, 6.07) is 0. The van der Waals surface area contributed by atoms with E-state index in [0.29, 0.717) is 30.4 Å². The lowest BCUT2D eigenvalue weighted by Crippen LogP contribution is -2.18. The Morgan fingerprint density at radius 2 is 2.38 bits per heavy atom. The number of hydrogen-bond donors (Lipinski definition) is 3. The second-order valence-electron chi connectivity index (χ2n) is 3.25. The fourth-order valence-corrected chi connectivity index (χ4v) is 1.30. The fourth-order valence-electron chi connectivity index (χ4n) is 1.14. The summed E-state index contributed by atoms with van der Waals surface area (Å²) in [6.07, 6.45) is 1.36. The van der Waals surface area contributed by atoms with Crippen LogP contribution in [0, 0.1) is 0 Å². The van der Waals surface area contributed by atoms with Crippen LogP contribution in [0.5, 0.6) is 0 Å². The number of rotatable bonds is 6. The first-order valence-corrected chi connectivity index (χ1v) is 5.19. The zero-order valence-electron chi connectivity index (χ0n) is 8.98. The summed E-state index contributed by atoms with van der Waals surface area (Å²) in [7, 11) is 1.54. The van der Waals surface area contributed by atoms with Gasteiger partial charge in [0.1, 0.15) is 23.0 Å². The van der Waals surface area contributed by atoms with Crippen LogP contribution in [0.25, 0.3) is 0 Å². The van der Waals surface area contributed by atoms with Gasteiger partial charge < -0.3 is 20.9 Å². The van der Waals surface area contributed by atoms with Gasteiger partial charge in [0, 0.05) is 13.7 Å². The van der Waals surface area contributed by atoms with Gasteiger partial charge in [-0.2, -0.15) is 0 Å². The molecule has 0 fully saturated rings. The molecule has 0 radical (unpaired) electrons. The van der Waals surface area contributed by atoms with Gasteiger partial charge in [-0.3, -0.25) is 0 Å². The van der Waals surface area contributed by atoms with E-state index in [1.165, 1.54) is 6.33 Å². The molecule has 1 aromatic heterocycles. The summed E-state index contributed by atoms with van der Waals surface area (Å²) in [6.45, 7) is 0.835. The van der Waals surface area contributed by atoms with Crippen LogP contribution in [0.4, 0.5) is 11.6 Å². The first-order valence-electron chi connectivity index (χ1n) is 4.82. The highest BCUT2D eigenvalue weighted by Gasteiger charge is 2.07. The molecule has 0 amide bonds. The molecule has 0 aliphatic carbocycles. The maximum atomic E-state index is 9.40. The Bertz CT molecular complexity index is 337. The zero-order chi connectivity index (χ0) is 12.0. The van der Waals surface area contributed by atoms with E-state index >= 15 is 0 Å². The molecule has 0 aromatic carbocycles. The van der Waals surface area contributed by atoms with Crippen LogP contribution in [-0.4, -0.2) is 41.4 Å². The molecule has 0 aliphatic heterocycles. The van der Waals surface area contributed by atoms with E-state index in [4.69, 9.17) is 22.1 Å². The quantitative estimate of drug-likeness (QED) is 0.678. The number of nitrogen functional groups attached to an aromatic ring is 1. The summed E-state index contributed by atoms with van der Waals surface area (Å²) in [5.74, 6) is 0.704. The molecule has 6 nitrogen and oxygen atoms in total. The van der Waals surface area contributed by atoms with Gasteiger partial charge in [-0.25, -0.2) is 9.97 Å². The van der Waals surface area contributed by atoms with E-state index < -0.39 is 6.10 Å². The first kappa shape index (κ1) is 13.0. The van der Waals surface area contributed by atoms with Gasteiger partial charge in [-0.05, 0) is 6.42 Å². The van der Waals surface area contributed by atoms with Gasteiger partial charge in [-0.15, -0.1) is 0 Å². The van der Waals surface area contributed by atoms with Crippen molar-refractivity contribution in [1.29, 1.82) is 0 Å². The van der Waals surface area contributed by atoms with Crippen LogP contribution >= 0.6 is 11.6 Å². The Balaban J connectivity index is 2.40. The molecular formula is C9H15ClN4O2. The molecule has 1 aromatic rings. The predicted octanol–water partition coefficient (Wildman–Crippen LogP) is 0.521. The second kappa shape index (κ2) is 6.47. The number of aliphatic hydroxyl groups is 1. The number of hydrogen-bond acceptors (Lipinski definition) is 6. The van der Waals surface area contributed by atoms with Gasteiger partial charge >= 0.3 is 0 Å². The number of halogens is 1. The summed E-state index contributed by atoms with van der Waals surface area (Å²) >= 11 is 5.87. The Morgan fingerprint density at radius 3 is 3.06 bits per heavy atom. The van der Waals surface area contributed by atoms with Crippen molar-refractivity contribution in [3.05, 3.63) is 11.3 Å². The Morgan fingerprint density at radius 1 is 1.62 bits per heavy atom. The van der Waals surface area contributed by atoms with Crippen LogP contribution in [-0.2, 0) is 4.74 Å². The van der Waals surface area contributed by atoms with Crippen LogP contribution < -0.4 is 11.1 Å². The predicted molar refractivity (Wildman–Crippen MR) is 62.4 cm³/mol. The summed E-state index contributed by atoms with van der Waals surface area (Å²) in [4.78, 5) is 7.67. The number of nitrogens with zero attached hydrogens (tertiary/aromatic N) is 2. The van der Waals surface area contributed by atoms with Crippen molar-refractivity contribution in [3.8, 4) is 0 Å². The minimum absolute atomic E-state index is 0.233. The van der Waals surface area contributed by atoms with Crippen molar-refractivity contribution in [2.24, 2.45) is 0 Å². The van der Waals surface area contributed by atoms with Gasteiger partial charge in [0.2, 0.25) is 0 Å². The Hall–Kier alpha value is -1.11. The Labute approximate surface area is 98.8 Å². The molecule has 16 heavy (non-hydrogen) atoms. The highest BCUT2D eigenvalue weighted by atomic mass is 35.5. The topological polar surface area (TPSA) is 93.3 Å². The van der Waals surface area contributed by atoms with Gasteiger partial charge in [0.05, 0.1) is 12.7 Å². The summed E-state index contributed by atoms with van der Waals surface area (Å²) in [5.41, 5.74) is 5.51. The minimum Gasteiger partial charge on any atom is -0.391 e. The van der Waals surface area contributed by atoms with E-state index in [9.17, 15) is 5.11 Å². The third kappa shape index (κ3) is 3.80. The maximum absolute atomic E-state index is 9.40. The SMILES string of the molecule is COCC(O)CCNc1ncnc(N)c1Cl. The molecule has 1 unspecified atom stereocenters. The molecule has 0 aliphatic rings. The normalized spacial score (nSPS) is 12.4. The second-order valence-corrected chi connectivity index (χ2v) is 3.62. The number of methoxy groups -OCH3 is 1. The summed E-state index contributed by atoms with van der Waals surface area (Å²) in [5, 5.41) is 12.7. The van der Waals surface area contributed by atoms with Crippen molar-refractivity contribution in [1.82, 2.24) is 9.97 Å². The number of nitrogens with two attached hydrogens (primary N) is 1. The van der Waals surface area contributed by atoms with Crippen molar-refractivity contribution in [2.45, 2.75) is 12.5 Å². The van der Waals surface area contributed by atoms with Gasteiger partial charge in [0.25, 0.3) is 0 Å². The minimum atomic E-state index is -0.504. The highest BCUT2D eigenvalue weighted by Crippen LogP contribution is 2.22. The summed E-state index contributed by atoms with van der Waals surface area (Å²) < 4.78 is 4.80. The average Bonchev–Trinajstić information content (AvgIpc) is 2.25. The lowest BCUT2D eigenvalue weighted by molar-refractivity contribution is 0.0615. The number of ether oxygens (including phenoxy) is 1. The lowest BCUT2D eigenvalue weighted by atomic mass is 10.2. The van der Waals surface area contributed by atoms with Gasteiger partial charge in [0.15, 0.2) is 0 Å². The molecular weight excluding hydrogens is 232 g/mol. The fraction of sp³-hybridized carbons (Fsp3) is 0.556. The molecule has 7 heteroatoms. The smallest absolute Gasteiger partial charge is 0.150 e. The third-order valence-corrected chi connectivity index (χ3v) is 2.32. The third-order valence-electron chi connectivity index (χ3n) is 1.95. The molecule has 1 rings (SSSR count). The van der Waals surface area contributed by atoms with Crippen LogP contribution in [0.1, 0.15) is 6.42 Å². The monoisotopic (exact) mass is 246 g/mol. The first-order chi connectivity index (χ1) is 7.65. The maximum Gasteiger partial charge on any atom is 0.150 e. The largest absolute Gasteiger partial charge is 0.391 e. The van der Waals surface area contributed by atoms with E-state index in [1.54, 1.807) is 7.11 Å². The molecule has 90 valence electrons. The van der Waals surface area contributed by atoms with Crippen molar-refractivity contribution < 1.29 is 9.84 Å². The standard InChI is InChI=1S/C9H15ClN4O2/c1-16-4-6(15)2-3-12-9-7(10)8(11)13-5-14-9/h5-6,15H,2-4H2,1H3,(H3,11,12,13,14). The lowest BCUT2D eigenvalue weighted by Gasteiger charge is -2.11. The highest BCUT2D eigenvalue weighted by molar-refractivity contribution is 6.35. The number of aromatic nitrogens is 2. The van der Waals surface area contributed by atoms with E-state index in [1.807, 2.05) is 0 Å².